The number of carbonyl (C=O) groups excluding carboxylic acids is 2. The Bertz CT molecular complexity index is 1090. The van der Waals surface area contributed by atoms with E-state index in [4.69, 9.17) is 9.47 Å². The summed E-state index contributed by atoms with van der Waals surface area (Å²) in [5.41, 5.74) is -0.754. The third kappa shape index (κ3) is 3.96. The largest absolute Gasteiger partial charge is 0.463 e. The Balaban J connectivity index is 2.28. The molecule has 0 spiro atoms. The van der Waals surface area contributed by atoms with Crippen LogP contribution in [-0.4, -0.2) is 33.9 Å². The van der Waals surface area contributed by atoms with Crippen LogP contribution in [0.2, 0.25) is 0 Å². The van der Waals surface area contributed by atoms with Gasteiger partial charge in [0, 0.05) is 17.1 Å². The molecule has 0 saturated carbocycles. The highest BCUT2D eigenvalue weighted by atomic mass is 16.6. The molecule has 0 aliphatic carbocycles. The lowest BCUT2D eigenvalue weighted by Gasteiger charge is -2.26. The maximum atomic E-state index is 13.0. The van der Waals surface area contributed by atoms with Crippen LogP contribution in [0, 0.1) is 6.92 Å². The Morgan fingerprint density at radius 2 is 1.77 bits per heavy atom. The zero-order chi connectivity index (χ0) is 22.1. The highest BCUT2D eigenvalue weighted by Gasteiger charge is 2.44. The lowest BCUT2D eigenvalue weighted by Crippen LogP contribution is -2.38. The number of aromatic nitrogens is 1. The van der Waals surface area contributed by atoms with Gasteiger partial charge >= 0.3 is 12.1 Å². The average Bonchev–Trinajstić information content (AvgIpc) is 3.06. The number of rotatable bonds is 4. The number of ether oxygens (including phenoxy) is 2. The zero-order valence-corrected chi connectivity index (χ0v) is 17.9. The summed E-state index contributed by atoms with van der Waals surface area (Å²) in [4.78, 5) is 25.9. The Morgan fingerprint density at radius 3 is 2.40 bits per heavy atom. The predicted molar refractivity (Wildman–Crippen MR) is 114 cm³/mol. The Kier molecular flexibility index (Phi) is 5.72. The molecule has 6 nitrogen and oxygen atoms in total. The van der Waals surface area contributed by atoms with Crippen LogP contribution in [0.3, 0.4) is 0 Å². The van der Waals surface area contributed by atoms with Crippen molar-refractivity contribution in [1.82, 2.24) is 4.57 Å². The number of aliphatic hydroxyl groups is 1. The maximum Gasteiger partial charge on any atom is 0.419 e. The van der Waals surface area contributed by atoms with Gasteiger partial charge in [-0.3, -0.25) is 4.57 Å². The molecule has 3 rings (SSSR count). The predicted octanol–water partition coefficient (Wildman–Crippen LogP) is 4.53. The molecule has 30 heavy (non-hydrogen) atoms. The van der Waals surface area contributed by atoms with Crippen LogP contribution in [0.15, 0.2) is 54.7 Å². The summed E-state index contributed by atoms with van der Waals surface area (Å²) in [5.74, 6) is -0.803. The first-order valence-electron chi connectivity index (χ1n) is 9.88. The van der Waals surface area contributed by atoms with Gasteiger partial charge in [-0.2, -0.15) is 0 Å². The second-order valence-corrected chi connectivity index (χ2v) is 8.21. The molecule has 1 N–H and O–H groups in total. The van der Waals surface area contributed by atoms with Gasteiger partial charge in [0.2, 0.25) is 5.60 Å². The van der Waals surface area contributed by atoms with Gasteiger partial charge in [-0.05, 0) is 46.2 Å². The number of para-hydroxylation sites is 1. The van der Waals surface area contributed by atoms with Crippen molar-refractivity contribution in [2.75, 3.05) is 6.61 Å². The van der Waals surface area contributed by atoms with Crippen LogP contribution >= 0.6 is 0 Å². The summed E-state index contributed by atoms with van der Waals surface area (Å²) >= 11 is 0. The molecule has 1 atom stereocenters. The molecule has 1 aromatic heterocycles. The normalized spacial score (nSPS) is 13.7. The van der Waals surface area contributed by atoms with Crippen LogP contribution in [-0.2, 0) is 19.9 Å². The number of fused-ring (bicyclic) bond motifs is 1. The number of carbonyl (C=O) groups is 2. The van der Waals surface area contributed by atoms with Gasteiger partial charge in [0.25, 0.3) is 0 Å². The maximum absolute atomic E-state index is 13.0. The van der Waals surface area contributed by atoms with Gasteiger partial charge < -0.3 is 14.6 Å². The van der Waals surface area contributed by atoms with E-state index in [2.05, 4.69) is 0 Å². The topological polar surface area (TPSA) is 77.8 Å². The standard InChI is InChI=1S/C24H27NO5/c1-6-29-21(26)24(28,17-11-9-10-16(2)14-17)19-15-25(22(27)30-23(3,4)5)20-13-8-7-12-18(19)20/h7-15,28H,6H2,1-5H3/t24-/m1/s1. The zero-order valence-electron chi connectivity index (χ0n) is 17.9. The first-order valence-corrected chi connectivity index (χ1v) is 9.88. The number of hydrogen-bond donors (Lipinski definition) is 1. The molecule has 6 heteroatoms. The van der Waals surface area contributed by atoms with Crippen molar-refractivity contribution in [1.29, 1.82) is 0 Å². The first-order chi connectivity index (χ1) is 14.1. The summed E-state index contributed by atoms with van der Waals surface area (Å²) in [5, 5.41) is 12.3. The summed E-state index contributed by atoms with van der Waals surface area (Å²) < 4.78 is 12.1. The van der Waals surface area contributed by atoms with E-state index >= 15 is 0 Å². The number of esters is 1. The van der Waals surface area contributed by atoms with Crippen molar-refractivity contribution in [2.45, 2.75) is 45.8 Å². The van der Waals surface area contributed by atoms with Gasteiger partial charge in [0.15, 0.2) is 0 Å². The Hall–Kier alpha value is -3.12. The second kappa shape index (κ2) is 7.95. The van der Waals surface area contributed by atoms with Crippen LogP contribution in [0.25, 0.3) is 10.9 Å². The molecule has 3 aromatic rings. The number of nitrogens with zero attached hydrogens (tertiary/aromatic N) is 1. The molecule has 0 bridgehead atoms. The van der Waals surface area contributed by atoms with Crippen molar-refractivity contribution in [3.63, 3.8) is 0 Å². The van der Waals surface area contributed by atoms with Gasteiger partial charge in [-0.15, -0.1) is 0 Å². The van der Waals surface area contributed by atoms with Gasteiger partial charge in [0.1, 0.15) is 5.60 Å². The lowest BCUT2D eigenvalue weighted by molar-refractivity contribution is -0.161. The minimum absolute atomic E-state index is 0.109. The van der Waals surface area contributed by atoms with E-state index < -0.39 is 23.3 Å². The van der Waals surface area contributed by atoms with Crippen LogP contribution in [0.1, 0.15) is 44.4 Å². The number of benzene rings is 2. The van der Waals surface area contributed by atoms with Gasteiger partial charge in [0.05, 0.1) is 12.1 Å². The van der Waals surface area contributed by atoms with Crippen molar-refractivity contribution < 1.29 is 24.2 Å². The molecule has 0 aliphatic heterocycles. The fraction of sp³-hybridized carbons (Fsp3) is 0.333. The summed E-state index contributed by atoms with van der Waals surface area (Å²) in [7, 11) is 0. The minimum Gasteiger partial charge on any atom is -0.463 e. The summed E-state index contributed by atoms with van der Waals surface area (Å²) in [6.07, 6.45) is 0.859. The van der Waals surface area contributed by atoms with E-state index in [9.17, 15) is 14.7 Å². The molecule has 0 saturated heterocycles. The van der Waals surface area contributed by atoms with Crippen molar-refractivity contribution >= 4 is 23.0 Å². The van der Waals surface area contributed by atoms with E-state index in [0.29, 0.717) is 16.5 Å². The second-order valence-electron chi connectivity index (χ2n) is 8.21. The summed E-state index contributed by atoms with van der Waals surface area (Å²) in [6.45, 7) is 8.99. The summed E-state index contributed by atoms with van der Waals surface area (Å²) in [6, 6.07) is 14.1. The van der Waals surface area contributed by atoms with Gasteiger partial charge in [-0.25, -0.2) is 9.59 Å². The van der Waals surface area contributed by atoms with Crippen LogP contribution in [0.4, 0.5) is 4.79 Å². The number of hydrogen-bond acceptors (Lipinski definition) is 5. The minimum atomic E-state index is -2.09. The SMILES string of the molecule is CCOC(=O)[C@@](O)(c1cccc(C)c1)c1cn(C(=O)OC(C)(C)C)c2ccccc12. The molecular formula is C24H27NO5. The highest BCUT2D eigenvalue weighted by Crippen LogP contribution is 2.37. The highest BCUT2D eigenvalue weighted by molar-refractivity contribution is 5.98. The van der Waals surface area contributed by atoms with E-state index in [1.807, 2.05) is 13.0 Å². The quantitative estimate of drug-likeness (QED) is 0.641. The monoisotopic (exact) mass is 409 g/mol. The fourth-order valence-corrected chi connectivity index (χ4v) is 3.42. The van der Waals surface area contributed by atoms with E-state index in [-0.39, 0.29) is 12.2 Å². The number of aryl methyl sites for hydroxylation is 1. The third-order valence-corrected chi connectivity index (χ3v) is 4.70. The van der Waals surface area contributed by atoms with Crippen molar-refractivity contribution in [3.8, 4) is 0 Å². The molecule has 1 heterocycles. The first kappa shape index (κ1) is 21.6. The lowest BCUT2D eigenvalue weighted by atomic mass is 9.85. The molecule has 0 radical (unpaired) electrons. The molecule has 2 aromatic carbocycles. The molecule has 0 amide bonds. The smallest absolute Gasteiger partial charge is 0.419 e. The van der Waals surface area contributed by atoms with E-state index in [0.717, 1.165) is 5.56 Å². The molecular weight excluding hydrogens is 382 g/mol. The third-order valence-electron chi connectivity index (χ3n) is 4.70. The van der Waals surface area contributed by atoms with Crippen molar-refractivity contribution in [3.05, 3.63) is 71.4 Å². The van der Waals surface area contributed by atoms with E-state index in [1.54, 1.807) is 70.2 Å². The van der Waals surface area contributed by atoms with E-state index in [1.165, 1.54) is 10.8 Å². The molecule has 0 unspecified atom stereocenters. The van der Waals surface area contributed by atoms with Crippen LogP contribution in [0.5, 0.6) is 0 Å². The van der Waals surface area contributed by atoms with Crippen LogP contribution < -0.4 is 0 Å². The Labute approximate surface area is 176 Å². The molecule has 158 valence electrons. The molecule has 0 fully saturated rings. The Morgan fingerprint density at radius 1 is 1.07 bits per heavy atom. The van der Waals surface area contributed by atoms with Gasteiger partial charge in [-0.1, -0.05) is 48.0 Å². The molecule has 0 aliphatic rings. The fourth-order valence-electron chi connectivity index (χ4n) is 3.42. The van der Waals surface area contributed by atoms with Crippen molar-refractivity contribution in [2.24, 2.45) is 0 Å². The average molecular weight is 409 g/mol.